The van der Waals surface area contributed by atoms with Gasteiger partial charge >= 0.3 is 11.9 Å². The average molecular weight is 433 g/mol. The first-order valence-electron chi connectivity index (χ1n) is 8.69. The van der Waals surface area contributed by atoms with Crippen molar-refractivity contribution in [3.05, 3.63) is 0 Å². The topological polar surface area (TPSA) is 167 Å². The average Bonchev–Trinajstić information content (AvgIpc) is 3.00. The molecule has 0 aromatic heterocycles. The molecule has 0 radical (unpaired) electrons. The summed E-state index contributed by atoms with van der Waals surface area (Å²) in [6.07, 6.45) is 0. The van der Waals surface area contributed by atoms with Crippen molar-refractivity contribution in [2.75, 3.05) is 0 Å². The number of aliphatic carboxylic acids is 2. The number of rotatable bonds is 2. The van der Waals surface area contributed by atoms with Gasteiger partial charge in [0.2, 0.25) is 11.8 Å². The van der Waals surface area contributed by atoms with Gasteiger partial charge < -0.3 is 31.5 Å². The smallest absolute Gasteiger partial charge is 0.327 e. The highest BCUT2D eigenvalue weighted by Gasteiger charge is 2.63. The van der Waals surface area contributed by atoms with Crippen molar-refractivity contribution in [1.82, 2.24) is 9.80 Å². The van der Waals surface area contributed by atoms with Gasteiger partial charge in [0.15, 0.2) is 0 Å². The molecule has 0 bridgehead atoms. The van der Waals surface area contributed by atoms with E-state index >= 15 is 0 Å². The van der Waals surface area contributed by atoms with E-state index in [1.807, 2.05) is 27.7 Å². The van der Waals surface area contributed by atoms with Crippen molar-refractivity contribution in [2.24, 2.45) is 11.5 Å². The van der Waals surface area contributed by atoms with Crippen LogP contribution in [0.1, 0.15) is 27.7 Å². The van der Waals surface area contributed by atoms with Gasteiger partial charge in [-0.3, -0.25) is 9.59 Å². The fraction of sp³-hybridized carbons (Fsp3) is 0.750. The predicted molar refractivity (Wildman–Crippen MR) is 103 cm³/mol. The zero-order valence-electron chi connectivity index (χ0n) is 15.9. The summed E-state index contributed by atoms with van der Waals surface area (Å²) in [5, 5.41) is 17.7. The third-order valence-corrected chi connectivity index (χ3v) is 8.62. The summed E-state index contributed by atoms with van der Waals surface area (Å²) in [6.45, 7) is 7.31. The summed E-state index contributed by atoms with van der Waals surface area (Å²) in [5.41, 5.74) is 11.2. The molecule has 4 aliphatic heterocycles. The van der Waals surface area contributed by atoms with Gasteiger partial charge in [0.05, 0.1) is 0 Å². The third kappa shape index (κ3) is 2.88. The predicted octanol–water partition coefficient (Wildman–Crippen LogP) is -1.08. The van der Waals surface area contributed by atoms with Crippen LogP contribution in [0.25, 0.3) is 0 Å². The molecule has 0 aromatic rings. The SMILES string of the molecule is CC1(C)S[C@@H]2C(N)C(=O)N2[C@H]1C(=O)O.CC1(C)S[C@@H]2C(N)C(=O)N2[C@H]1C(=O)O. The second-order valence-corrected chi connectivity index (χ2v) is 11.8. The molecule has 10 nitrogen and oxygen atoms in total. The van der Waals surface area contributed by atoms with E-state index in [9.17, 15) is 19.2 Å². The molecule has 2 amide bonds. The van der Waals surface area contributed by atoms with Crippen LogP contribution in [0.3, 0.4) is 0 Å². The fourth-order valence-corrected chi connectivity index (χ4v) is 7.22. The largest absolute Gasteiger partial charge is 0.480 e. The van der Waals surface area contributed by atoms with E-state index < -0.39 is 45.6 Å². The van der Waals surface area contributed by atoms with Crippen LogP contribution in [-0.4, -0.2) is 88.2 Å². The minimum absolute atomic E-state index is 0.154. The molecule has 4 saturated heterocycles. The molecule has 4 heterocycles. The second-order valence-electron chi connectivity index (χ2n) is 8.25. The molecule has 0 saturated carbocycles. The number of nitrogens with zero attached hydrogens (tertiary/aromatic N) is 2. The number of carbonyl (C=O) groups is 4. The molecule has 0 spiro atoms. The molecule has 4 fully saturated rings. The molecular weight excluding hydrogens is 408 g/mol. The third-order valence-electron chi connectivity index (χ3n) is 5.43. The molecule has 6 atom stereocenters. The summed E-state index contributed by atoms with van der Waals surface area (Å²) in [5.74, 6) is -2.41. The number of hydrogen-bond donors (Lipinski definition) is 4. The minimum atomic E-state index is -0.953. The van der Waals surface area contributed by atoms with Crippen molar-refractivity contribution in [1.29, 1.82) is 0 Å². The first-order chi connectivity index (χ1) is 12.7. The summed E-state index contributed by atoms with van der Waals surface area (Å²) >= 11 is 2.93. The number of thioether (sulfide) groups is 2. The van der Waals surface area contributed by atoms with E-state index in [2.05, 4.69) is 0 Å². The van der Waals surface area contributed by atoms with Gasteiger partial charge in [-0.15, -0.1) is 23.5 Å². The van der Waals surface area contributed by atoms with E-state index in [0.717, 1.165) is 0 Å². The van der Waals surface area contributed by atoms with E-state index in [-0.39, 0.29) is 22.6 Å². The minimum Gasteiger partial charge on any atom is -0.480 e. The van der Waals surface area contributed by atoms with Crippen LogP contribution in [0.5, 0.6) is 0 Å². The highest BCUT2D eigenvalue weighted by Crippen LogP contribution is 2.51. The van der Waals surface area contributed by atoms with Crippen LogP contribution >= 0.6 is 23.5 Å². The first kappa shape index (κ1) is 21.2. The van der Waals surface area contributed by atoms with Crippen LogP contribution in [0, 0.1) is 0 Å². The number of amides is 2. The quantitative estimate of drug-likeness (QED) is 0.394. The fourth-order valence-electron chi connectivity index (χ4n) is 4.08. The molecule has 4 aliphatic rings. The van der Waals surface area contributed by atoms with Gasteiger partial charge in [-0.2, -0.15) is 0 Å². The van der Waals surface area contributed by atoms with Crippen molar-refractivity contribution < 1.29 is 29.4 Å². The lowest BCUT2D eigenvalue weighted by Gasteiger charge is -2.41. The highest BCUT2D eigenvalue weighted by atomic mass is 32.2. The number of hydrogen-bond acceptors (Lipinski definition) is 8. The molecule has 156 valence electrons. The Kier molecular flexibility index (Phi) is 4.93. The molecule has 12 heteroatoms. The number of fused-ring (bicyclic) bond motifs is 2. The molecular formula is C16H24N4O6S2. The lowest BCUT2D eigenvalue weighted by molar-refractivity contribution is -0.159. The number of carboxylic acid groups (broad SMARTS) is 2. The van der Waals surface area contributed by atoms with Gasteiger partial charge in [-0.25, -0.2) is 9.59 Å². The summed E-state index contributed by atoms with van der Waals surface area (Å²) in [4.78, 5) is 47.5. The Bertz CT molecular complexity index is 697. The maximum absolute atomic E-state index is 11.4. The summed E-state index contributed by atoms with van der Waals surface area (Å²) in [7, 11) is 0. The molecule has 6 N–H and O–H groups in total. The number of nitrogens with two attached hydrogens (primary N) is 2. The van der Waals surface area contributed by atoms with E-state index in [4.69, 9.17) is 21.7 Å². The maximum Gasteiger partial charge on any atom is 0.327 e. The lowest BCUT2D eigenvalue weighted by Crippen LogP contribution is -2.68. The number of carboxylic acids is 2. The Balaban J connectivity index is 0.000000161. The maximum atomic E-state index is 11.4. The number of β-lactam (4-membered cyclic amide) rings is 2. The van der Waals surface area contributed by atoms with Crippen LogP contribution in [0.15, 0.2) is 0 Å². The van der Waals surface area contributed by atoms with Crippen LogP contribution in [-0.2, 0) is 19.2 Å². The van der Waals surface area contributed by atoms with Crippen LogP contribution < -0.4 is 11.5 Å². The second kappa shape index (κ2) is 6.51. The summed E-state index contributed by atoms with van der Waals surface area (Å²) in [6, 6.07) is -2.54. The number of carbonyl (C=O) groups excluding carboxylic acids is 2. The van der Waals surface area contributed by atoms with E-state index in [1.54, 1.807) is 0 Å². The molecule has 0 aromatic carbocycles. The Hall–Kier alpha value is -1.50. The Morgan fingerprint density at radius 3 is 1.36 bits per heavy atom. The van der Waals surface area contributed by atoms with Crippen molar-refractivity contribution >= 4 is 47.3 Å². The van der Waals surface area contributed by atoms with Gasteiger partial charge in [0.25, 0.3) is 0 Å². The van der Waals surface area contributed by atoms with Gasteiger partial charge in [-0.05, 0) is 27.7 Å². The zero-order valence-corrected chi connectivity index (χ0v) is 17.5. The Morgan fingerprint density at radius 1 is 0.821 bits per heavy atom. The van der Waals surface area contributed by atoms with Crippen LogP contribution in [0.2, 0.25) is 0 Å². The highest BCUT2D eigenvalue weighted by molar-refractivity contribution is 8.02. The van der Waals surface area contributed by atoms with Crippen molar-refractivity contribution in [3.63, 3.8) is 0 Å². The van der Waals surface area contributed by atoms with Gasteiger partial charge in [-0.1, -0.05) is 0 Å². The zero-order chi connectivity index (χ0) is 21.3. The van der Waals surface area contributed by atoms with Gasteiger partial charge in [0.1, 0.15) is 34.9 Å². The van der Waals surface area contributed by atoms with E-state index in [1.165, 1.54) is 33.3 Å². The normalized spacial score (nSPS) is 39.2. The molecule has 2 unspecified atom stereocenters. The molecule has 4 rings (SSSR count). The standard InChI is InChI=1S/2C8H12N2O3S/c2*1-8(2)4(7(12)13)10-5(11)3(9)6(10)14-8/h2*3-4,6H,9H2,1-2H3,(H,12,13)/t2*3?,4-,6+/m00/s1. The molecule has 28 heavy (non-hydrogen) atoms. The lowest BCUT2D eigenvalue weighted by atomic mass is 9.96. The Morgan fingerprint density at radius 2 is 1.11 bits per heavy atom. The molecule has 0 aliphatic carbocycles. The van der Waals surface area contributed by atoms with E-state index in [0.29, 0.717) is 0 Å². The van der Waals surface area contributed by atoms with Gasteiger partial charge in [0, 0.05) is 9.49 Å². The van der Waals surface area contributed by atoms with Crippen molar-refractivity contribution in [2.45, 2.75) is 72.1 Å². The first-order valence-corrected chi connectivity index (χ1v) is 10.4. The summed E-state index contributed by atoms with van der Waals surface area (Å²) < 4.78 is -0.916. The monoisotopic (exact) mass is 432 g/mol. The van der Waals surface area contributed by atoms with Crippen molar-refractivity contribution in [3.8, 4) is 0 Å². The van der Waals surface area contributed by atoms with Crippen LogP contribution in [0.4, 0.5) is 0 Å². The Labute approximate surface area is 170 Å².